The van der Waals surface area contributed by atoms with Crippen molar-refractivity contribution >= 4 is 17.8 Å². The Morgan fingerprint density at radius 1 is 1.12 bits per heavy atom. The summed E-state index contributed by atoms with van der Waals surface area (Å²) in [4.78, 5) is 36.9. The van der Waals surface area contributed by atoms with E-state index in [4.69, 9.17) is 0 Å². The van der Waals surface area contributed by atoms with E-state index < -0.39 is 17.0 Å². The van der Waals surface area contributed by atoms with E-state index in [9.17, 15) is 19.5 Å². The van der Waals surface area contributed by atoms with Gasteiger partial charge in [-0.1, -0.05) is 0 Å². The van der Waals surface area contributed by atoms with Gasteiger partial charge in [-0.25, -0.2) is 4.79 Å². The number of nitrogens with one attached hydrogen (secondary N) is 3. The lowest BCUT2D eigenvalue weighted by Crippen LogP contribution is -2.66. The van der Waals surface area contributed by atoms with Crippen molar-refractivity contribution in [2.24, 2.45) is 11.8 Å². The average Bonchev–Trinajstić information content (AvgIpc) is 3.09. The molecule has 2 amide bonds. The van der Waals surface area contributed by atoms with Crippen LogP contribution in [-0.4, -0.2) is 46.6 Å². The number of carboxylic acid groups (broad SMARTS) is 1. The number of amides is 2. The molecule has 0 aromatic carbocycles. The number of rotatable bonds is 5. The van der Waals surface area contributed by atoms with Gasteiger partial charge < -0.3 is 21.1 Å². The summed E-state index contributed by atoms with van der Waals surface area (Å²) in [6.07, 6.45) is 6.16. The molecule has 4 fully saturated rings. The molecule has 1 aliphatic heterocycles. The Bertz CT molecular complexity index is 561. The molecule has 3 saturated carbocycles. The molecule has 25 heavy (non-hydrogen) atoms. The zero-order chi connectivity index (χ0) is 18.2. The summed E-state index contributed by atoms with van der Waals surface area (Å²) in [5.74, 6) is -1.20. The Morgan fingerprint density at radius 2 is 1.80 bits per heavy atom. The van der Waals surface area contributed by atoms with E-state index in [2.05, 4.69) is 16.0 Å². The van der Waals surface area contributed by atoms with E-state index in [1.165, 1.54) is 13.8 Å². The Morgan fingerprint density at radius 3 is 2.36 bits per heavy atom. The minimum Gasteiger partial charge on any atom is -0.480 e. The maximum absolute atomic E-state index is 12.9. The predicted octanol–water partition coefficient (Wildman–Crippen LogP) is 0.783. The SMILES string of the molecule is CC(C)(NC(=O)[C@@H]1CC2CCC1(NC(=O)[C@@H]1CCCN1)CC2)C(=O)O. The zero-order valence-corrected chi connectivity index (χ0v) is 15.1. The van der Waals surface area contributed by atoms with Gasteiger partial charge in [0.25, 0.3) is 0 Å². The fourth-order valence-electron chi connectivity index (χ4n) is 4.60. The largest absolute Gasteiger partial charge is 0.480 e. The van der Waals surface area contributed by atoms with Crippen LogP contribution in [0.1, 0.15) is 58.8 Å². The van der Waals surface area contributed by atoms with Gasteiger partial charge in [-0.15, -0.1) is 0 Å². The molecular formula is C18H29N3O4. The quantitative estimate of drug-likeness (QED) is 0.586. The van der Waals surface area contributed by atoms with Crippen molar-refractivity contribution < 1.29 is 19.5 Å². The molecule has 3 aliphatic carbocycles. The minimum atomic E-state index is -1.31. The van der Waals surface area contributed by atoms with Gasteiger partial charge in [0.05, 0.1) is 17.5 Å². The third-order valence-corrected chi connectivity index (χ3v) is 6.27. The van der Waals surface area contributed by atoms with E-state index in [0.29, 0.717) is 5.92 Å². The maximum atomic E-state index is 12.9. The molecule has 4 N–H and O–H groups in total. The van der Waals surface area contributed by atoms with Gasteiger partial charge in [0.2, 0.25) is 11.8 Å². The fraction of sp³-hybridized carbons (Fsp3) is 0.833. The second-order valence-corrected chi connectivity index (χ2v) is 8.45. The first kappa shape index (κ1) is 18.2. The van der Waals surface area contributed by atoms with Crippen LogP contribution in [0.2, 0.25) is 0 Å². The molecule has 0 spiro atoms. The number of carboxylic acids is 1. The number of aliphatic carboxylic acids is 1. The minimum absolute atomic E-state index is 0.0202. The summed E-state index contributed by atoms with van der Waals surface area (Å²) in [6, 6.07) is -0.173. The molecule has 0 aromatic heterocycles. The van der Waals surface area contributed by atoms with Gasteiger partial charge in [0.15, 0.2) is 0 Å². The van der Waals surface area contributed by atoms with Crippen molar-refractivity contribution in [2.45, 2.75) is 75.9 Å². The van der Waals surface area contributed by atoms with Crippen molar-refractivity contribution in [2.75, 3.05) is 6.54 Å². The van der Waals surface area contributed by atoms with E-state index in [-0.39, 0.29) is 23.8 Å². The molecule has 1 heterocycles. The van der Waals surface area contributed by atoms with Gasteiger partial charge in [0, 0.05) is 0 Å². The lowest BCUT2D eigenvalue weighted by Gasteiger charge is -2.52. The Balaban J connectivity index is 1.75. The molecule has 0 unspecified atom stereocenters. The third kappa shape index (κ3) is 3.52. The smallest absolute Gasteiger partial charge is 0.328 e. The molecule has 7 heteroatoms. The number of carbonyl (C=O) groups excluding carboxylic acids is 2. The predicted molar refractivity (Wildman–Crippen MR) is 91.8 cm³/mol. The number of fused-ring (bicyclic) bond motifs is 3. The highest BCUT2D eigenvalue weighted by atomic mass is 16.4. The summed E-state index contributed by atoms with van der Waals surface area (Å²) in [7, 11) is 0. The van der Waals surface area contributed by atoms with Crippen molar-refractivity contribution in [3.05, 3.63) is 0 Å². The van der Waals surface area contributed by atoms with Crippen LogP contribution >= 0.6 is 0 Å². The van der Waals surface area contributed by atoms with Gasteiger partial charge in [-0.3, -0.25) is 9.59 Å². The molecule has 140 valence electrons. The van der Waals surface area contributed by atoms with E-state index in [1.54, 1.807) is 0 Å². The van der Waals surface area contributed by atoms with Crippen LogP contribution in [0.3, 0.4) is 0 Å². The second kappa shape index (κ2) is 6.59. The van der Waals surface area contributed by atoms with Gasteiger partial charge in [-0.2, -0.15) is 0 Å². The molecule has 0 radical (unpaired) electrons. The van der Waals surface area contributed by atoms with Gasteiger partial charge >= 0.3 is 5.97 Å². The number of carbonyl (C=O) groups is 3. The lowest BCUT2D eigenvalue weighted by atomic mass is 9.59. The van der Waals surface area contributed by atoms with Gasteiger partial charge in [0.1, 0.15) is 5.54 Å². The van der Waals surface area contributed by atoms with Crippen LogP contribution in [0, 0.1) is 11.8 Å². The average molecular weight is 351 g/mol. The number of hydrogen-bond acceptors (Lipinski definition) is 4. The maximum Gasteiger partial charge on any atom is 0.328 e. The standard InChI is InChI=1S/C18H29N3O4/c1-17(2,16(24)25)20-14(22)12-10-11-5-7-18(12,8-6-11)21-15(23)13-4-3-9-19-13/h11-13,19H,3-10H2,1-2H3,(H,20,22)(H,21,23)(H,24,25)/t11?,12-,13-,18?/m0/s1. The monoisotopic (exact) mass is 351 g/mol. The first-order valence-electron chi connectivity index (χ1n) is 9.34. The summed E-state index contributed by atoms with van der Waals surface area (Å²) in [6.45, 7) is 3.83. The van der Waals surface area contributed by atoms with Crippen molar-refractivity contribution in [1.29, 1.82) is 0 Å². The topological polar surface area (TPSA) is 108 Å². The molecule has 2 bridgehead atoms. The first-order valence-corrected chi connectivity index (χ1v) is 9.34. The van der Waals surface area contributed by atoms with E-state index in [1.807, 2.05) is 0 Å². The van der Waals surface area contributed by atoms with Crippen LogP contribution in [-0.2, 0) is 14.4 Å². The number of hydrogen-bond donors (Lipinski definition) is 4. The van der Waals surface area contributed by atoms with Crippen LogP contribution in [0.4, 0.5) is 0 Å². The summed E-state index contributed by atoms with van der Waals surface area (Å²) >= 11 is 0. The zero-order valence-electron chi connectivity index (χ0n) is 15.1. The lowest BCUT2D eigenvalue weighted by molar-refractivity contribution is -0.149. The van der Waals surface area contributed by atoms with Gasteiger partial charge in [-0.05, 0) is 71.3 Å². The summed E-state index contributed by atoms with van der Waals surface area (Å²) < 4.78 is 0. The highest BCUT2D eigenvalue weighted by Gasteiger charge is 2.53. The molecule has 7 nitrogen and oxygen atoms in total. The second-order valence-electron chi connectivity index (χ2n) is 8.45. The third-order valence-electron chi connectivity index (χ3n) is 6.27. The van der Waals surface area contributed by atoms with Crippen molar-refractivity contribution in [3.63, 3.8) is 0 Å². The Kier molecular flexibility index (Phi) is 4.79. The Hall–Kier alpha value is -1.63. The Labute approximate surface area is 148 Å². The highest BCUT2D eigenvalue weighted by molar-refractivity contribution is 5.89. The van der Waals surface area contributed by atoms with Crippen molar-refractivity contribution in [3.8, 4) is 0 Å². The van der Waals surface area contributed by atoms with Crippen LogP contribution in [0.15, 0.2) is 0 Å². The van der Waals surface area contributed by atoms with E-state index in [0.717, 1.165) is 51.5 Å². The summed E-state index contributed by atoms with van der Waals surface area (Å²) in [5.41, 5.74) is -1.85. The molecular weight excluding hydrogens is 322 g/mol. The molecule has 4 rings (SSSR count). The van der Waals surface area contributed by atoms with Crippen LogP contribution in [0.25, 0.3) is 0 Å². The normalized spacial score (nSPS) is 34.6. The van der Waals surface area contributed by atoms with E-state index >= 15 is 0 Å². The van der Waals surface area contributed by atoms with Crippen molar-refractivity contribution in [1.82, 2.24) is 16.0 Å². The summed E-state index contributed by atoms with van der Waals surface area (Å²) in [5, 5.41) is 18.4. The first-order chi connectivity index (χ1) is 11.7. The molecule has 4 aliphatic rings. The van der Waals surface area contributed by atoms with Crippen LogP contribution in [0.5, 0.6) is 0 Å². The highest BCUT2D eigenvalue weighted by Crippen LogP contribution is 2.48. The van der Waals surface area contributed by atoms with Crippen LogP contribution < -0.4 is 16.0 Å². The molecule has 0 aromatic rings. The molecule has 1 saturated heterocycles. The fourth-order valence-corrected chi connectivity index (χ4v) is 4.60. The molecule has 2 atom stereocenters.